The fourth-order valence-electron chi connectivity index (χ4n) is 1.28. The van der Waals surface area contributed by atoms with Crippen LogP contribution < -0.4 is 22.2 Å². The van der Waals surface area contributed by atoms with E-state index in [9.17, 15) is 0 Å². The molecule has 0 radical (unpaired) electrons. The van der Waals surface area contributed by atoms with E-state index in [0.717, 1.165) is 38.8 Å². The third-order valence-corrected chi connectivity index (χ3v) is 2.18. The van der Waals surface area contributed by atoms with Crippen molar-refractivity contribution >= 4 is 11.9 Å². The predicted molar refractivity (Wildman–Crippen MR) is 63.3 cm³/mol. The summed E-state index contributed by atoms with van der Waals surface area (Å²) in [6, 6.07) is 0. The van der Waals surface area contributed by atoms with Crippen molar-refractivity contribution in [2.45, 2.75) is 39.5 Å². The molecule has 7 N–H and O–H groups in total. The number of guanidine groups is 2. The van der Waals surface area contributed by atoms with Crippen LogP contribution in [0.25, 0.3) is 0 Å². The van der Waals surface area contributed by atoms with Crippen molar-refractivity contribution in [1.29, 1.82) is 0 Å². The van der Waals surface area contributed by atoms with Crippen molar-refractivity contribution in [1.82, 2.24) is 0 Å². The van der Waals surface area contributed by atoms with Crippen LogP contribution >= 0.6 is 0 Å². The van der Waals surface area contributed by atoms with Gasteiger partial charge in [-0.25, -0.2) is 5.73 Å². The van der Waals surface area contributed by atoms with Gasteiger partial charge in [0, 0.05) is 0 Å². The number of hydrogen-bond acceptors (Lipinski definition) is 0. The molecule has 0 fully saturated rings. The van der Waals surface area contributed by atoms with E-state index in [1.54, 1.807) is 0 Å². The molecule has 0 aliphatic rings. The van der Waals surface area contributed by atoms with Crippen molar-refractivity contribution in [2.75, 3.05) is 13.1 Å². The van der Waals surface area contributed by atoms with E-state index in [4.69, 9.17) is 17.2 Å². The molecule has 0 saturated heterocycles. The van der Waals surface area contributed by atoms with Gasteiger partial charge >= 0.3 is 5.96 Å². The van der Waals surface area contributed by atoms with Crippen molar-refractivity contribution < 1.29 is 9.57 Å². The van der Waals surface area contributed by atoms with Gasteiger partial charge < -0.3 is 11.5 Å². The number of unbranched alkanes of at least 4 members (excludes halogenated alkanes) is 2. The van der Waals surface area contributed by atoms with E-state index in [0.29, 0.717) is 5.96 Å². The van der Waals surface area contributed by atoms with E-state index in [1.807, 2.05) is 0 Å². The van der Waals surface area contributed by atoms with Crippen LogP contribution in [0.15, 0.2) is 0 Å². The zero-order valence-corrected chi connectivity index (χ0v) is 9.92. The van der Waals surface area contributed by atoms with E-state index in [1.165, 1.54) is 0 Å². The van der Waals surface area contributed by atoms with Crippen molar-refractivity contribution in [3.8, 4) is 0 Å². The first-order valence-corrected chi connectivity index (χ1v) is 5.64. The molecule has 5 heteroatoms. The largest absolute Gasteiger partial charge is 0.519 e. The third-order valence-electron chi connectivity index (χ3n) is 2.18. The molecule has 0 aromatic rings. The molecule has 5 nitrogen and oxygen atoms in total. The standard InChI is InChI=1S/C10H23N5/c1-3-5-7-15(8-6-4-2)10(13)14-9(11)12/h3-8H2,1-2H3,(H5,11,12,13,14)/p+2. The molecule has 0 spiro atoms. The number of rotatable bonds is 6. The molecule has 0 heterocycles. The Morgan fingerprint density at radius 3 is 1.80 bits per heavy atom. The van der Waals surface area contributed by atoms with Crippen LogP contribution in [0, 0.1) is 0 Å². The molecular weight excluding hydrogens is 190 g/mol. The van der Waals surface area contributed by atoms with Gasteiger partial charge in [0.05, 0.1) is 0 Å². The summed E-state index contributed by atoms with van der Waals surface area (Å²) < 4.78 is 2.09. The van der Waals surface area contributed by atoms with Crippen LogP contribution in [0.2, 0.25) is 0 Å². The van der Waals surface area contributed by atoms with Gasteiger partial charge in [-0.1, -0.05) is 26.7 Å². The molecule has 0 atom stereocenters. The molecule has 0 bridgehead atoms. The highest BCUT2D eigenvalue weighted by atomic mass is 15.2. The maximum Gasteiger partial charge on any atom is 0.519 e. The Kier molecular flexibility index (Phi) is 7.40. The Hall–Kier alpha value is -1.26. The van der Waals surface area contributed by atoms with Gasteiger partial charge in [0.1, 0.15) is 13.1 Å². The zero-order valence-electron chi connectivity index (χ0n) is 9.92. The average Bonchev–Trinajstić information content (AvgIpc) is 2.17. The first-order chi connectivity index (χ1) is 7.11. The summed E-state index contributed by atoms with van der Waals surface area (Å²) in [5.74, 6) is 0.697. The maximum atomic E-state index is 5.85. The highest BCUT2D eigenvalue weighted by molar-refractivity contribution is 5.75. The monoisotopic (exact) mass is 215 g/mol. The molecule has 0 saturated carbocycles. The summed E-state index contributed by atoms with van der Waals surface area (Å²) in [6.45, 7) is 6.21. The SMILES string of the molecule is CCCC[N+](CCCC)=C(N)[NH+]=C(N)N. The first-order valence-electron chi connectivity index (χ1n) is 5.64. The quantitative estimate of drug-likeness (QED) is 0.241. The molecule has 0 aromatic heterocycles. The van der Waals surface area contributed by atoms with Crippen molar-refractivity contribution in [3.63, 3.8) is 0 Å². The number of hydrogen-bond donors (Lipinski definition) is 4. The number of nitrogens with one attached hydrogen (secondary N) is 1. The minimum Gasteiger partial charge on any atom is -0.345 e. The van der Waals surface area contributed by atoms with E-state index < -0.39 is 0 Å². The van der Waals surface area contributed by atoms with Crippen LogP contribution in [-0.4, -0.2) is 29.6 Å². The highest BCUT2D eigenvalue weighted by Crippen LogP contribution is 1.92. The van der Waals surface area contributed by atoms with Crippen molar-refractivity contribution in [3.05, 3.63) is 0 Å². The van der Waals surface area contributed by atoms with Crippen LogP contribution in [0.3, 0.4) is 0 Å². The van der Waals surface area contributed by atoms with Crippen molar-refractivity contribution in [2.24, 2.45) is 17.2 Å². The second-order valence-corrected chi connectivity index (χ2v) is 3.66. The van der Waals surface area contributed by atoms with E-state index in [-0.39, 0.29) is 5.96 Å². The Morgan fingerprint density at radius 2 is 1.47 bits per heavy atom. The molecule has 0 aliphatic heterocycles. The van der Waals surface area contributed by atoms with Gasteiger partial charge in [0.25, 0.3) is 5.96 Å². The third kappa shape index (κ3) is 6.76. The Bertz CT molecular complexity index is 218. The molecular formula is C10H25N5+2. The maximum absolute atomic E-state index is 5.85. The lowest BCUT2D eigenvalue weighted by atomic mass is 10.3. The van der Waals surface area contributed by atoms with Crippen LogP contribution in [0.1, 0.15) is 39.5 Å². The predicted octanol–water partition coefficient (Wildman–Crippen LogP) is -1.73. The lowest BCUT2D eigenvalue weighted by Crippen LogP contribution is -2.86. The first kappa shape index (κ1) is 13.7. The van der Waals surface area contributed by atoms with Gasteiger partial charge in [-0.3, -0.25) is 0 Å². The smallest absolute Gasteiger partial charge is 0.345 e. The molecule has 0 rings (SSSR count). The molecule has 0 aromatic carbocycles. The molecule has 15 heavy (non-hydrogen) atoms. The Labute approximate surface area is 92.0 Å². The lowest BCUT2D eigenvalue weighted by Gasteiger charge is -2.02. The second-order valence-electron chi connectivity index (χ2n) is 3.66. The van der Waals surface area contributed by atoms with E-state index in [2.05, 4.69) is 23.4 Å². The molecule has 0 amide bonds. The number of nitrogens with two attached hydrogens (primary N) is 3. The molecule has 0 unspecified atom stereocenters. The van der Waals surface area contributed by atoms with Gasteiger partial charge in [0.2, 0.25) is 0 Å². The highest BCUT2D eigenvalue weighted by Gasteiger charge is 2.13. The fourth-order valence-corrected chi connectivity index (χ4v) is 1.28. The summed E-state index contributed by atoms with van der Waals surface area (Å²) in [5.41, 5.74) is 16.5. The topological polar surface area (TPSA) is 95.0 Å². The average molecular weight is 215 g/mol. The second kappa shape index (κ2) is 8.08. The van der Waals surface area contributed by atoms with Crippen LogP contribution in [0.5, 0.6) is 0 Å². The minimum atomic E-state index is 0.144. The molecule has 0 aliphatic carbocycles. The number of nitrogens with zero attached hydrogens (tertiary/aromatic N) is 1. The summed E-state index contributed by atoms with van der Waals surface area (Å²) in [7, 11) is 0. The minimum absolute atomic E-state index is 0.144. The summed E-state index contributed by atoms with van der Waals surface area (Å²) in [4.78, 5) is 2.75. The van der Waals surface area contributed by atoms with Crippen LogP contribution in [0.4, 0.5) is 0 Å². The Morgan fingerprint density at radius 1 is 1.00 bits per heavy atom. The fraction of sp³-hybridized carbons (Fsp3) is 0.800. The zero-order chi connectivity index (χ0) is 11.7. The van der Waals surface area contributed by atoms with Gasteiger partial charge in [-0.05, 0) is 12.8 Å². The van der Waals surface area contributed by atoms with E-state index >= 15 is 0 Å². The van der Waals surface area contributed by atoms with Crippen LogP contribution in [-0.2, 0) is 0 Å². The van der Waals surface area contributed by atoms with Gasteiger partial charge in [0.15, 0.2) is 0 Å². The Balaban J connectivity index is 4.49. The summed E-state index contributed by atoms with van der Waals surface area (Å²) in [5, 5.41) is 0. The van der Waals surface area contributed by atoms with Gasteiger partial charge in [-0.2, -0.15) is 4.58 Å². The van der Waals surface area contributed by atoms with Gasteiger partial charge in [-0.15, -0.1) is 4.99 Å². The summed E-state index contributed by atoms with van der Waals surface area (Å²) in [6.07, 6.45) is 4.54. The normalized spacial score (nSPS) is 9.73. The molecule has 88 valence electrons. The summed E-state index contributed by atoms with van der Waals surface area (Å²) >= 11 is 0. The lowest BCUT2D eigenvalue weighted by molar-refractivity contribution is -0.575.